The zero-order chi connectivity index (χ0) is 10.1. The Kier molecular flexibility index (Phi) is 2.04. The second kappa shape index (κ2) is 3.21. The molecule has 4 nitrogen and oxygen atoms in total. The van der Waals surface area contributed by atoms with Gasteiger partial charge in [0.2, 0.25) is 0 Å². The first-order chi connectivity index (χ1) is 6.70. The highest BCUT2D eigenvalue weighted by Gasteiger charge is 2.13. The lowest BCUT2D eigenvalue weighted by Gasteiger charge is -2.11. The van der Waals surface area contributed by atoms with E-state index in [1.807, 2.05) is 19.9 Å². The van der Waals surface area contributed by atoms with Gasteiger partial charge in [0.05, 0.1) is 24.8 Å². The van der Waals surface area contributed by atoms with Crippen molar-refractivity contribution in [1.82, 2.24) is 9.78 Å². The number of nitrogens with zero attached hydrogens (tertiary/aromatic N) is 2. The molecule has 1 atom stereocenters. The van der Waals surface area contributed by atoms with Gasteiger partial charge in [0, 0.05) is 11.1 Å². The molecular weight excluding hydrogens is 178 g/mol. The van der Waals surface area contributed by atoms with Crippen LogP contribution in [0.15, 0.2) is 29.2 Å². The molecule has 0 radical (unpaired) electrons. The van der Waals surface area contributed by atoms with Gasteiger partial charge in [-0.05, 0) is 19.9 Å². The molecule has 2 N–H and O–H groups in total. The first-order valence-corrected chi connectivity index (χ1v) is 4.52. The number of nitrogen functional groups attached to an aromatic ring is 1. The summed E-state index contributed by atoms with van der Waals surface area (Å²) in [5, 5.41) is 4.22. The molecule has 2 aromatic heterocycles. The van der Waals surface area contributed by atoms with Crippen LogP contribution in [0.3, 0.4) is 0 Å². The number of rotatable bonds is 2. The van der Waals surface area contributed by atoms with Gasteiger partial charge in [-0.15, -0.1) is 0 Å². The van der Waals surface area contributed by atoms with Crippen LogP contribution >= 0.6 is 0 Å². The highest BCUT2D eigenvalue weighted by atomic mass is 16.3. The zero-order valence-corrected chi connectivity index (χ0v) is 8.27. The molecule has 0 aliphatic heterocycles. The predicted molar refractivity (Wildman–Crippen MR) is 53.9 cm³/mol. The van der Waals surface area contributed by atoms with Gasteiger partial charge >= 0.3 is 0 Å². The maximum atomic E-state index is 5.88. The summed E-state index contributed by atoms with van der Waals surface area (Å²) in [5.41, 5.74) is 7.95. The molecule has 0 saturated heterocycles. The average Bonchev–Trinajstić information content (AvgIpc) is 2.77. The Morgan fingerprint density at radius 3 is 2.86 bits per heavy atom. The van der Waals surface area contributed by atoms with Crippen LogP contribution in [0, 0.1) is 6.92 Å². The van der Waals surface area contributed by atoms with E-state index in [1.165, 1.54) is 0 Å². The molecular formula is C10H13N3O. The van der Waals surface area contributed by atoms with Crippen LogP contribution in [0.5, 0.6) is 0 Å². The molecule has 0 bridgehead atoms. The quantitative estimate of drug-likeness (QED) is 0.789. The average molecular weight is 191 g/mol. The fourth-order valence-corrected chi connectivity index (χ4v) is 1.42. The van der Waals surface area contributed by atoms with Crippen LogP contribution in [0.1, 0.15) is 24.1 Å². The third-order valence-electron chi connectivity index (χ3n) is 2.42. The van der Waals surface area contributed by atoms with Gasteiger partial charge in [-0.2, -0.15) is 5.10 Å². The van der Waals surface area contributed by atoms with Crippen molar-refractivity contribution >= 4 is 5.82 Å². The molecule has 2 aromatic rings. The zero-order valence-electron chi connectivity index (χ0n) is 8.27. The minimum Gasteiger partial charge on any atom is -0.472 e. The molecule has 0 aromatic carbocycles. The maximum Gasteiger partial charge on any atom is 0.125 e. The summed E-state index contributed by atoms with van der Waals surface area (Å²) in [6.07, 6.45) is 5.13. The molecule has 0 amide bonds. The summed E-state index contributed by atoms with van der Waals surface area (Å²) in [7, 11) is 0. The number of hydrogen-bond acceptors (Lipinski definition) is 3. The minimum absolute atomic E-state index is 0.113. The van der Waals surface area contributed by atoms with Crippen molar-refractivity contribution in [3.63, 3.8) is 0 Å². The molecule has 74 valence electrons. The van der Waals surface area contributed by atoms with Crippen LogP contribution in [-0.2, 0) is 0 Å². The molecule has 2 rings (SSSR count). The third kappa shape index (κ3) is 1.28. The van der Waals surface area contributed by atoms with Crippen LogP contribution in [0.25, 0.3) is 0 Å². The van der Waals surface area contributed by atoms with Crippen molar-refractivity contribution in [3.05, 3.63) is 35.9 Å². The molecule has 0 fully saturated rings. The topological polar surface area (TPSA) is 57.0 Å². The van der Waals surface area contributed by atoms with Gasteiger partial charge in [-0.3, -0.25) is 0 Å². The lowest BCUT2D eigenvalue weighted by molar-refractivity contribution is 0.537. The molecule has 4 heteroatoms. The summed E-state index contributed by atoms with van der Waals surface area (Å²) in [6, 6.07) is 2.03. The Morgan fingerprint density at radius 1 is 1.57 bits per heavy atom. The molecule has 0 saturated carbocycles. The smallest absolute Gasteiger partial charge is 0.125 e. The van der Waals surface area contributed by atoms with Gasteiger partial charge < -0.3 is 10.2 Å². The molecule has 0 aliphatic carbocycles. The molecule has 0 spiro atoms. The van der Waals surface area contributed by atoms with Gasteiger partial charge in [-0.1, -0.05) is 0 Å². The second-order valence-corrected chi connectivity index (χ2v) is 3.39. The Labute approximate surface area is 82.3 Å². The second-order valence-electron chi connectivity index (χ2n) is 3.39. The van der Waals surface area contributed by atoms with E-state index in [-0.39, 0.29) is 6.04 Å². The SMILES string of the molecule is Cc1cnn(C(C)c2ccoc2)c1N. The van der Waals surface area contributed by atoms with E-state index in [1.54, 1.807) is 23.4 Å². The highest BCUT2D eigenvalue weighted by molar-refractivity contribution is 5.38. The van der Waals surface area contributed by atoms with E-state index < -0.39 is 0 Å². The Hall–Kier alpha value is -1.71. The van der Waals surface area contributed by atoms with E-state index in [0.29, 0.717) is 5.82 Å². The normalized spacial score (nSPS) is 13.0. The summed E-state index contributed by atoms with van der Waals surface area (Å²) >= 11 is 0. The Balaban J connectivity index is 2.36. The summed E-state index contributed by atoms with van der Waals surface area (Å²) in [6.45, 7) is 3.98. The van der Waals surface area contributed by atoms with Crippen molar-refractivity contribution in [1.29, 1.82) is 0 Å². The van der Waals surface area contributed by atoms with E-state index in [2.05, 4.69) is 5.10 Å². The molecule has 0 aliphatic rings. The number of nitrogens with two attached hydrogens (primary N) is 1. The Morgan fingerprint density at radius 2 is 2.36 bits per heavy atom. The lowest BCUT2D eigenvalue weighted by atomic mass is 10.2. The predicted octanol–water partition coefficient (Wildman–Crippen LogP) is 1.98. The number of aryl methyl sites for hydroxylation is 1. The standard InChI is InChI=1S/C10H13N3O/c1-7-5-12-13(10(7)11)8(2)9-3-4-14-6-9/h3-6,8H,11H2,1-2H3. The number of furan rings is 1. The first kappa shape index (κ1) is 8.87. The number of aromatic nitrogens is 2. The van der Waals surface area contributed by atoms with Gasteiger partial charge in [-0.25, -0.2) is 4.68 Å². The number of hydrogen-bond donors (Lipinski definition) is 1. The van der Waals surface area contributed by atoms with Crippen molar-refractivity contribution < 1.29 is 4.42 Å². The summed E-state index contributed by atoms with van der Waals surface area (Å²) < 4.78 is 6.81. The van der Waals surface area contributed by atoms with Crippen LogP contribution < -0.4 is 5.73 Å². The minimum atomic E-state index is 0.113. The van der Waals surface area contributed by atoms with Gasteiger partial charge in [0.25, 0.3) is 0 Å². The highest BCUT2D eigenvalue weighted by Crippen LogP contribution is 2.22. The van der Waals surface area contributed by atoms with Crippen LogP contribution in [-0.4, -0.2) is 9.78 Å². The fraction of sp³-hybridized carbons (Fsp3) is 0.300. The largest absolute Gasteiger partial charge is 0.472 e. The van der Waals surface area contributed by atoms with E-state index in [9.17, 15) is 0 Å². The van der Waals surface area contributed by atoms with E-state index >= 15 is 0 Å². The van der Waals surface area contributed by atoms with E-state index in [0.717, 1.165) is 11.1 Å². The third-order valence-corrected chi connectivity index (χ3v) is 2.42. The first-order valence-electron chi connectivity index (χ1n) is 4.52. The molecule has 1 unspecified atom stereocenters. The molecule has 14 heavy (non-hydrogen) atoms. The van der Waals surface area contributed by atoms with Crippen molar-refractivity contribution in [2.75, 3.05) is 5.73 Å². The lowest BCUT2D eigenvalue weighted by Crippen LogP contribution is -2.10. The van der Waals surface area contributed by atoms with Crippen molar-refractivity contribution in [3.8, 4) is 0 Å². The van der Waals surface area contributed by atoms with Crippen LogP contribution in [0.2, 0.25) is 0 Å². The van der Waals surface area contributed by atoms with E-state index in [4.69, 9.17) is 10.2 Å². The summed E-state index contributed by atoms with van der Waals surface area (Å²) in [5.74, 6) is 0.707. The van der Waals surface area contributed by atoms with Crippen molar-refractivity contribution in [2.45, 2.75) is 19.9 Å². The van der Waals surface area contributed by atoms with Crippen LogP contribution in [0.4, 0.5) is 5.82 Å². The monoisotopic (exact) mass is 191 g/mol. The fourth-order valence-electron chi connectivity index (χ4n) is 1.42. The van der Waals surface area contributed by atoms with Crippen molar-refractivity contribution in [2.24, 2.45) is 0 Å². The Bertz CT molecular complexity index is 417. The number of anilines is 1. The summed E-state index contributed by atoms with van der Waals surface area (Å²) in [4.78, 5) is 0. The maximum absolute atomic E-state index is 5.88. The molecule has 2 heterocycles. The van der Waals surface area contributed by atoms with Gasteiger partial charge in [0.15, 0.2) is 0 Å². The van der Waals surface area contributed by atoms with Gasteiger partial charge in [0.1, 0.15) is 5.82 Å².